The molecule has 1 aromatic carbocycles. The van der Waals surface area contributed by atoms with E-state index >= 15 is 0 Å². The second kappa shape index (κ2) is 4.44. The number of rotatable bonds is 2. The topological polar surface area (TPSA) is 66.5 Å². The van der Waals surface area contributed by atoms with Crippen LogP contribution >= 0.6 is 0 Å². The van der Waals surface area contributed by atoms with E-state index in [0.717, 1.165) is 24.8 Å². The van der Waals surface area contributed by atoms with Gasteiger partial charge >= 0.3 is 0 Å². The van der Waals surface area contributed by atoms with Crippen molar-refractivity contribution in [1.29, 1.82) is 0 Å². The lowest BCUT2D eigenvalue weighted by Gasteiger charge is -2.35. The molecule has 16 heavy (non-hydrogen) atoms. The van der Waals surface area contributed by atoms with E-state index in [0.29, 0.717) is 12.8 Å². The molecule has 0 heterocycles. The van der Waals surface area contributed by atoms with Crippen molar-refractivity contribution in [3.63, 3.8) is 0 Å². The molecule has 2 unspecified atom stereocenters. The molecule has 0 aromatic heterocycles. The number of hydrogen-bond acceptors (Lipinski definition) is 3. The van der Waals surface area contributed by atoms with Crippen LogP contribution in [0.2, 0.25) is 0 Å². The molecule has 1 aliphatic rings. The van der Waals surface area contributed by atoms with Crippen molar-refractivity contribution in [2.24, 2.45) is 5.73 Å². The Morgan fingerprint density at radius 1 is 1.44 bits per heavy atom. The first kappa shape index (κ1) is 11.4. The van der Waals surface area contributed by atoms with Gasteiger partial charge < -0.3 is 15.9 Å². The molecule has 0 amide bonds. The van der Waals surface area contributed by atoms with Crippen LogP contribution in [0.3, 0.4) is 0 Å². The van der Waals surface area contributed by atoms with Crippen molar-refractivity contribution in [2.75, 3.05) is 0 Å². The summed E-state index contributed by atoms with van der Waals surface area (Å²) in [4.78, 5) is 0. The summed E-state index contributed by atoms with van der Waals surface area (Å²) >= 11 is 0. The van der Waals surface area contributed by atoms with Gasteiger partial charge in [0.15, 0.2) is 0 Å². The maximum Gasteiger partial charge on any atom is 0.115 e. The highest BCUT2D eigenvalue weighted by molar-refractivity contribution is 5.28. The molecule has 3 nitrogen and oxygen atoms in total. The van der Waals surface area contributed by atoms with Crippen molar-refractivity contribution in [2.45, 2.75) is 43.7 Å². The third kappa shape index (κ3) is 2.74. The smallest absolute Gasteiger partial charge is 0.115 e. The molecule has 1 fully saturated rings. The fourth-order valence-electron chi connectivity index (χ4n) is 2.59. The Balaban J connectivity index is 2.08. The summed E-state index contributed by atoms with van der Waals surface area (Å²) in [5.74, 6) is 0.251. The maximum absolute atomic E-state index is 10.4. The lowest BCUT2D eigenvalue weighted by atomic mass is 9.78. The molecule has 2 rings (SSSR count). The van der Waals surface area contributed by atoms with Crippen LogP contribution in [0, 0.1) is 0 Å². The van der Waals surface area contributed by atoms with Crippen LogP contribution in [0.25, 0.3) is 0 Å². The van der Waals surface area contributed by atoms with Gasteiger partial charge in [-0.05, 0) is 43.4 Å². The van der Waals surface area contributed by atoms with E-state index in [1.165, 1.54) is 0 Å². The highest BCUT2D eigenvalue weighted by Crippen LogP contribution is 2.31. The summed E-state index contributed by atoms with van der Waals surface area (Å²) < 4.78 is 0. The van der Waals surface area contributed by atoms with Crippen LogP contribution in [-0.2, 0) is 6.42 Å². The minimum absolute atomic E-state index is 0.107. The van der Waals surface area contributed by atoms with Gasteiger partial charge in [0.1, 0.15) is 5.75 Å². The lowest BCUT2D eigenvalue weighted by molar-refractivity contribution is -0.00192. The summed E-state index contributed by atoms with van der Waals surface area (Å²) in [6, 6.07) is 7.18. The van der Waals surface area contributed by atoms with Gasteiger partial charge in [0.25, 0.3) is 0 Å². The Hall–Kier alpha value is -1.06. The number of benzene rings is 1. The lowest BCUT2D eigenvalue weighted by Crippen LogP contribution is -2.42. The zero-order valence-electron chi connectivity index (χ0n) is 9.39. The highest BCUT2D eigenvalue weighted by atomic mass is 16.3. The Labute approximate surface area is 95.9 Å². The van der Waals surface area contributed by atoms with Crippen LogP contribution in [0.1, 0.15) is 31.2 Å². The number of nitrogens with two attached hydrogens (primary N) is 1. The average molecular weight is 221 g/mol. The minimum atomic E-state index is -0.689. The van der Waals surface area contributed by atoms with Gasteiger partial charge in [-0.3, -0.25) is 0 Å². The molecular formula is C13H19NO2. The predicted molar refractivity (Wildman–Crippen MR) is 63.2 cm³/mol. The summed E-state index contributed by atoms with van der Waals surface area (Å²) in [6.45, 7) is 0. The molecule has 0 spiro atoms. The van der Waals surface area contributed by atoms with Gasteiger partial charge in [-0.1, -0.05) is 12.1 Å². The molecule has 1 aliphatic carbocycles. The quantitative estimate of drug-likeness (QED) is 0.710. The average Bonchev–Trinajstić information content (AvgIpc) is 2.16. The molecule has 88 valence electrons. The molecule has 3 heteroatoms. The van der Waals surface area contributed by atoms with Crippen molar-refractivity contribution in [3.8, 4) is 5.75 Å². The van der Waals surface area contributed by atoms with E-state index < -0.39 is 5.60 Å². The van der Waals surface area contributed by atoms with Crippen LogP contribution in [0.4, 0.5) is 0 Å². The van der Waals surface area contributed by atoms with E-state index in [2.05, 4.69) is 0 Å². The third-order valence-electron chi connectivity index (χ3n) is 3.30. The van der Waals surface area contributed by atoms with Gasteiger partial charge in [-0.2, -0.15) is 0 Å². The van der Waals surface area contributed by atoms with E-state index in [1.54, 1.807) is 18.2 Å². The van der Waals surface area contributed by atoms with Crippen molar-refractivity contribution >= 4 is 0 Å². The fraction of sp³-hybridized carbons (Fsp3) is 0.538. The Morgan fingerprint density at radius 3 is 2.94 bits per heavy atom. The van der Waals surface area contributed by atoms with Crippen LogP contribution in [0.15, 0.2) is 24.3 Å². The Kier molecular flexibility index (Phi) is 3.17. The second-order valence-corrected chi connectivity index (χ2v) is 4.93. The zero-order valence-corrected chi connectivity index (χ0v) is 9.39. The van der Waals surface area contributed by atoms with Gasteiger partial charge in [0.05, 0.1) is 5.60 Å². The number of hydrogen-bond donors (Lipinski definition) is 3. The highest BCUT2D eigenvalue weighted by Gasteiger charge is 2.32. The maximum atomic E-state index is 10.4. The van der Waals surface area contributed by atoms with Gasteiger partial charge in [0, 0.05) is 12.5 Å². The summed E-state index contributed by atoms with van der Waals surface area (Å²) in [5, 5.41) is 19.8. The fourth-order valence-corrected chi connectivity index (χ4v) is 2.59. The van der Waals surface area contributed by atoms with E-state index in [4.69, 9.17) is 5.73 Å². The molecule has 2 atom stereocenters. The van der Waals surface area contributed by atoms with E-state index in [1.807, 2.05) is 6.07 Å². The van der Waals surface area contributed by atoms with Gasteiger partial charge in [-0.25, -0.2) is 0 Å². The molecular weight excluding hydrogens is 202 g/mol. The van der Waals surface area contributed by atoms with Crippen molar-refractivity contribution < 1.29 is 10.2 Å². The first-order valence-electron chi connectivity index (χ1n) is 5.83. The molecule has 0 aliphatic heterocycles. The Morgan fingerprint density at radius 2 is 2.25 bits per heavy atom. The normalized spacial score (nSPS) is 30.2. The minimum Gasteiger partial charge on any atom is -0.508 e. The van der Waals surface area contributed by atoms with Crippen molar-refractivity contribution in [1.82, 2.24) is 0 Å². The standard InChI is InChI=1S/C13H19NO2/c14-11-4-2-6-13(16,9-11)8-10-3-1-5-12(15)7-10/h1,3,5,7,11,15-16H,2,4,6,8-9,14H2. The molecule has 1 saturated carbocycles. The number of phenols is 1. The van der Waals surface area contributed by atoms with Gasteiger partial charge in [-0.15, -0.1) is 0 Å². The Bertz CT molecular complexity index is 367. The summed E-state index contributed by atoms with van der Waals surface area (Å²) in [5.41, 5.74) is 6.16. The van der Waals surface area contributed by atoms with Crippen LogP contribution in [0.5, 0.6) is 5.75 Å². The summed E-state index contributed by atoms with van der Waals surface area (Å²) in [6.07, 6.45) is 4.02. The molecule has 0 bridgehead atoms. The third-order valence-corrected chi connectivity index (χ3v) is 3.30. The molecule has 1 aromatic rings. The molecule has 0 radical (unpaired) electrons. The van der Waals surface area contributed by atoms with Crippen molar-refractivity contribution in [3.05, 3.63) is 29.8 Å². The summed E-state index contributed by atoms with van der Waals surface area (Å²) in [7, 11) is 0. The largest absolute Gasteiger partial charge is 0.508 e. The van der Waals surface area contributed by atoms with Gasteiger partial charge in [0.2, 0.25) is 0 Å². The molecule has 0 saturated heterocycles. The number of aromatic hydroxyl groups is 1. The van der Waals surface area contributed by atoms with E-state index in [-0.39, 0.29) is 11.8 Å². The van der Waals surface area contributed by atoms with E-state index in [9.17, 15) is 10.2 Å². The van der Waals surface area contributed by atoms with Crippen LogP contribution < -0.4 is 5.73 Å². The first-order valence-corrected chi connectivity index (χ1v) is 5.83. The number of aliphatic hydroxyl groups is 1. The molecule has 4 N–H and O–H groups in total. The predicted octanol–water partition coefficient (Wildman–Crippen LogP) is 1.57. The number of phenolic OH excluding ortho intramolecular Hbond substituents is 1. The zero-order chi connectivity index (χ0) is 11.6. The van der Waals surface area contributed by atoms with Crippen LogP contribution in [-0.4, -0.2) is 21.9 Å². The first-order chi connectivity index (χ1) is 7.57. The second-order valence-electron chi connectivity index (χ2n) is 4.93. The SMILES string of the molecule is NC1CCCC(O)(Cc2cccc(O)c2)C1. The monoisotopic (exact) mass is 221 g/mol.